The first-order chi connectivity index (χ1) is 12.0. The van der Waals surface area contributed by atoms with Gasteiger partial charge in [-0.3, -0.25) is 9.59 Å². The van der Waals surface area contributed by atoms with Crippen LogP contribution in [0, 0.1) is 5.92 Å². The first-order valence-corrected chi connectivity index (χ1v) is 8.66. The number of esters is 1. The number of para-hydroxylation sites is 1. The number of hydrogen-bond donors (Lipinski definition) is 1. The third-order valence-corrected chi connectivity index (χ3v) is 4.45. The Morgan fingerprint density at radius 1 is 1.08 bits per heavy atom. The smallest absolute Gasteiger partial charge is 0.314 e. The van der Waals surface area contributed by atoms with Gasteiger partial charge in [-0.25, -0.2) is 0 Å². The SMILES string of the molecule is CC[C@@H](C)[C@H](C(=O)OCC(=O)Nc1ccccc1Cl)c1ccccc1. The number of ether oxygens (including phenoxy) is 1. The normalized spacial score (nSPS) is 12.9. The van der Waals surface area contributed by atoms with Crippen LogP contribution in [0.1, 0.15) is 31.7 Å². The van der Waals surface area contributed by atoms with Gasteiger partial charge in [-0.1, -0.05) is 74.3 Å². The summed E-state index contributed by atoms with van der Waals surface area (Å²) in [4.78, 5) is 24.6. The van der Waals surface area contributed by atoms with Gasteiger partial charge in [-0.2, -0.15) is 0 Å². The molecule has 0 saturated carbocycles. The molecule has 0 unspecified atom stereocenters. The van der Waals surface area contributed by atoms with E-state index in [0.717, 1.165) is 12.0 Å². The molecule has 4 nitrogen and oxygen atoms in total. The van der Waals surface area contributed by atoms with Crippen LogP contribution in [0.2, 0.25) is 5.02 Å². The molecule has 0 aliphatic carbocycles. The summed E-state index contributed by atoms with van der Waals surface area (Å²) in [5.74, 6) is -1.09. The maximum atomic E-state index is 12.5. The van der Waals surface area contributed by atoms with Crippen molar-refractivity contribution in [2.75, 3.05) is 11.9 Å². The van der Waals surface area contributed by atoms with Gasteiger partial charge in [0.2, 0.25) is 0 Å². The van der Waals surface area contributed by atoms with Gasteiger partial charge >= 0.3 is 5.97 Å². The highest BCUT2D eigenvalue weighted by Gasteiger charge is 2.27. The van der Waals surface area contributed by atoms with Crippen LogP contribution in [0.3, 0.4) is 0 Å². The zero-order valence-electron chi connectivity index (χ0n) is 14.4. The molecule has 5 heteroatoms. The van der Waals surface area contributed by atoms with E-state index in [1.165, 1.54) is 0 Å². The van der Waals surface area contributed by atoms with Crippen LogP contribution in [0.5, 0.6) is 0 Å². The highest BCUT2D eigenvalue weighted by Crippen LogP contribution is 2.28. The van der Waals surface area contributed by atoms with Gasteiger partial charge in [0.25, 0.3) is 5.91 Å². The average molecular weight is 360 g/mol. The Labute approximate surface area is 153 Å². The maximum absolute atomic E-state index is 12.5. The molecule has 0 spiro atoms. The third-order valence-electron chi connectivity index (χ3n) is 4.12. The fourth-order valence-corrected chi connectivity index (χ4v) is 2.75. The minimum Gasteiger partial charge on any atom is -0.455 e. The first-order valence-electron chi connectivity index (χ1n) is 8.29. The predicted octanol–water partition coefficient (Wildman–Crippen LogP) is 4.65. The van der Waals surface area contributed by atoms with Gasteiger partial charge in [-0.15, -0.1) is 0 Å². The molecule has 0 radical (unpaired) electrons. The highest BCUT2D eigenvalue weighted by molar-refractivity contribution is 6.33. The van der Waals surface area contributed by atoms with E-state index in [1.54, 1.807) is 24.3 Å². The number of amides is 1. The molecule has 0 aromatic heterocycles. The fourth-order valence-electron chi connectivity index (χ4n) is 2.57. The highest BCUT2D eigenvalue weighted by atomic mass is 35.5. The van der Waals surface area contributed by atoms with Crippen molar-refractivity contribution in [2.45, 2.75) is 26.2 Å². The van der Waals surface area contributed by atoms with Crippen molar-refractivity contribution in [1.29, 1.82) is 0 Å². The maximum Gasteiger partial charge on any atom is 0.314 e. The minimum absolute atomic E-state index is 0.113. The molecule has 1 amide bonds. The summed E-state index contributed by atoms with van der Waals surface area (Å²) in [5, 5.41) is 3.07. The van der Waals surface area contributed by atoms with Gasteiger partial charge in [0.05, 0.1) is 16.6 Å². The quantitative estimate of drug-likeness (QED) is 0.732. The standard InChI is InChI=1S/C20H22ClNO3/c1-3-14(2)19(15-9-5-4-6-10-15)20(24)25-13-18(23)22-17-12-8-7-11-16(17)21/h4-12,14,19H,3,13H2,1-2H3,(H,22,23)/t14-,19+/m1/s1. The Kier molecular flexibility index (Phi) is 7.02. The number of carbonyl (C=O) groups excluding carboxylic acids is 2. The molecule has 0 aliphatic rings. The Bertz CT molecular complexity index is 718. The second-order valence-corrected chi connectivity index (χ2v) is 6.32. The summed E-state index contributed by atoms with van der Waals surface area (Å²) in [7, 11) is 0. The van der Waals surface area contributed by atoms with Crippen molar-refractivity contribution in [2.24, 2.45) is 5.92 Å². The molecule has 0 saturated heterocycles. The molecule has 0 aliphatic heterocycles. The number of rotatable bonds is 7. The third kappa shape index (κ3) is 5.33. The molecule has 0 bridgehead atoms. The van der Waals surface area contributed by atoms with Gasteiger partial charge < -0.3 is 10.1 Å². The summed E-state index contributed by atoms with van der Waals surface area (Å²) >= 11 is 6.00. The van der Waals surface area contributed by atoms with Crippen molar-refractivity contribution < 1.29 is 14.3 Å². The molecule has 2 rings (SSSR count). The molecule has 1 N–H and O–H groups in total. The van der Waals surface area contributed by atoms with Gasteiger partial charge in [0, 0.05) is 0 Å². The minimum atomic E-state index is -0.419. The molecule has 2 aromatic rings. The molecular weight excluding hydrogens is 338 g/mol. The second-order valence-electron chi connectivity index (χ2n) is 5.91. The van der Waals surface area contributed by atoms with Crippen LogP contribution in [0.4, 0.5) is 5.69 Å². The van der Waals surface area contributed by atoms with Crippen molar-refractivity contribution in [3.63, 3.8) is 0 Å². The van der Waals surface area contributed by atoms with Crippen LogP contribution in [-0.2, 0) is 14.3 Å². The lowest BCUT2D eigenvalue weighted by molar-refractivity contribution is -0.150. The Balaban J connectivity index is 1.99. The van der Waals surface area contributed by atoms with Crippen LogP contribution in [0.25, 0.3) is 0 Å². The van der Waals surface area contributed by atoms with Gasteiger partial charge in [0.1, 0.15) is 0 Å². The van der Waals surface area contributed by atoms with Crippen LogP contribution in [-0.4, -0.2) is 18.5 Å². The van der Waals surface area contributed by atoms with E-state index in [4.69, 9.17) is 16.3 Å². The lowest BCUT2D eigenvalue weighted by atomic mass is 9.86. The molecule has 2 atom stereocenters. The summed E-state index contributed by atoms with van der Waals surface area (Å²) in [6.45, 7) is 3.69. The molecule has 25 heavy (non-hydrogen) atoms. The Morgan fingerprint density at radius 3 is 2.36 bits per heavy atom. The van der Waals surface area contributed by atoms with Crippen LogP contribution in [0.15, 0.2) is 54.6 Å². The number of hydrogen-bond acceptors (Lipinski definition) is 3. The topological polar surface area (TPSA) is 55.4 Å². The van der Waals surface area contributed by atoms with Crippen molar-refractivity contribution >= 4 is 29.2 Å². The van der Waals surface area contributed by atoms with Crippen LogP contribution >= 0.6 is 11.6 Å². The largest absolute Gasteiger partial charge is 0.455 e. The average Bonchev–Trinajstić information content (AvgIpc) is 2.63. The van der Waals surface area contributed by atoms with Crippen molar-refractivity contribution in [3.8, 4) is 0 Å². The van der Waals surface area contributed by atoms with E-state index in [9.17, 15) is 9.59 Å². The lowest BCUT2D eigenvalue weighted by Crippen LogP contribution is -2.27. The number of halogens is 1. The summed E-state index contributed by atoms with van der Waals surface area (Å²) in [5.41, 5.74) is 1.39. The van der Waals surface area contributed by atoms with E-state index in [0.29, 0.717) is 10.7 Å². The van der Waals surface area contributed by atoms with Crippen molar-refractivity contribution in [1.82, 2.24) is 0 Å². The van der Waals surface area contributed by atoms with Crippen molar-refractivity contribution in [3.05, 3.63) is 65.2 Å². The number of benzene rings is 2. The van der Waals surface area contributed by atoms with Gasteiger partial charge in [-0.05, 0) is 23.6 Å². The monoisotopic (exact) mass is 359 g/mol. The summed E-state index contributed by atoms with van der Waals surface area (Å²) in [6, 6.07) is 16.4. The first kappa shape index (κ1) is 19.0. The summed E-state index contributed by atoms with van der Waals surface area (Å²) in [6.07, 6.45) is 0.834. The molecule has 0 fully saturated rings. The molecular formula is C20H22ClNO3. The molecule has 2 aromatic carbocycles. The fraction of sp³-hybridized carbons (Fsp3) is 0.300. The molecule has 132 valence electrons. The van der Waals surface area contributed by atoms with E-state index in [-0.39, 0.29) is 18.4 Å². The van der Waals surface area contributed by atoms with E-state index in [2.05, 4.69) is 5.32 Å². The number of anilines is 1. The zero-order chi connectivity index (χ0) is 18.2. The van der Waals surface area contributed by atoms with E-state index >= 15 is 0 Å². The lowest BCUT2D eigenvalue weighted by Gasteiger charge is -2.21. The van der Waals surface area contributed by atoms with Gasteiger partial charge in [0.15, 0.2) is 6.61 Å². The van der Waals surface area contributed by atoms with E-state index < -0.39 is 11.9 Å². The second kappa shape index (κ2) is 9.23. The molecule has 0 heterocycles. The van der Waals surface area contributed by atoms with E-state index in [1.807, 2.05) is 44.2 Å². The zero-order valence-corrected chi connectivity index (χ0v) is 15.1. The van der Waals surface area contributed by atoms with Crippen LogP contribution < -0.4 is 5.32 Å². The Morgan fingerprint density at radius 2 is 1.72 bits per heavy atom. The Hall–Kier alpha value is -2.33. The summed E-state index contributed by atoms with van der Waals surface area (Å²) < 4.78 is 5.26. The number of carbonyl (C=O) groups is 2. The predicted molar refractivity (Wildman–Crippen MR) is 99.7 cm³/mol. The number of nitrogens with one attached hydrogen (secondary N) is 1.